The summed E-state index contributed by atoms with van der Waals surface area (Å²) in [6.45, 7) is 3.96. The first-order chi connectivity index (χ1) is 13.5. The third kappa shape index (κ3) is 5.93. The molecule has 6 nitrogen and oxygen atoms in total. The van der Waals surface area contributed by atoms with E-state index in [0.717, 1.165) is 0 Å². The van der Waals surface area contributed by atoms with Gasteiger partial charge in [-0.3, -0.25) is 9.59 Å². The van der Waals surface area contributed by atoms with E-state index in [4.69, 9.17) is 5.73 Å². The van der Waals surface area contributed by atoms with Crippen LogP contribution in [0.2, 0.25) is 0 Å². The van der Waals surface area contributed by atoms with E-state index in [1.165, 1.54) is 4.90 Å². The zero-order valence-electron chi connectivity index (χ0n) is 16.5. The van der Waals surface area contributed by atoms with Crippen LogP contribution in [0.15, 0.2) is 30.3 Å². The largest absolute Gasteiger partial charge is 0.415 e. The molecular formula is C20H28F3N3O3. The smallest absolute Gasteiger partial charge is 0.383 e. The highest BCUT2D eigenvalue weighted by atomic mass is 19.4. The van der Waals surface area contributed by atoms with Crippen LogP contribution in [0.25, 0.3) is 0 Å². The highest BCUT2D eigenvalue weighted by Crippen LogP contribution is 2.29. The average Bonchev–Trinajstić information content (AvgIpc) is 3.12. The summed E-state index contributed by atoms with van der Waals surface area (Å²) in [5.41, 5.74) is 6.40. The molecule has 1 fully saturated rings. The van der Waals surface area contributed by atoms with E-state index < -0.39 is 36.3 Å². The van der Waals surface area contributed by atoms with Crippen LogP contribution >= 0.6 is 0 Å². The molecule has 2 amide bonds. The molecule has 0 aliphatic carbocycles. The van der Waals surface area contributed by atoms with Gasteiger partial charge in [-0.25, -0.2) is 0 Å². The van der Waals surface area contributed by atoms with E-state index in [0.29, 0.717) is 24.9 Å². The molecule has 1 saturated heterocycles. The van der Waals surface area contributed by atoms with Crippen molar-refractivity contribution in [1.82, 2.24) is 10.2 Å². The second-order valence-electron chi connectivity index (χ2n) is 7.75. The lowest BCUT2D eigenvalue weighted by Gasteiger charge is -2.31. The molecule has 1 aromatic carbocycles. The number of hydrogen-bond donors (Lipinski definition) is 3. The van der Waals surface area contributed by atoms with Gasteiger partial charge in [0, 0.05) is 6.54 Å². The van der Waals surface area contributed by atoms with Crippen molar-refractivity contribution in [1.29, 1.82) is 0 Å². The Morgan fingerprint density at radius 3 is 2.45 bits per heavy atom. The maximum Gasteiger partial charge on any atom is 0.415 e. The maximum absolute atomic E-state index is 13.2. The fraction of sp³-hybridized carbons (Fsp3) is 0.600. The van der Waals surface area contributed by atoms with Crippen LogP contribution in [0.4, 0.5) is 13.2 Å². The van der Waals surface area contributed by atoms with Crippen LogP contribution in [-0.2, 0) is 16.0 Å². The number of aliphatic hydroxyl groups is 1. The molecule has 1 aliphatic heterocycles. The molecule has 2 rings (SSSR count). The Morgan fingerprint density at radius 1 is 1.28 bits per heavy atom. The summed E-state index contributed by atoms with van der Waals surface area (Å²) < 4.78 is 39.5. The van der Waals surface area contributed by atoms with Gasteiger partial charge < -0.3 is 21.1 Å². The molecule has 0 spiro atoms. The van der Waals surface area contributed by atoms with Crippen molar-refractivity contribution in [2.75, 3.05) is 6.54 Å². The molecular weight excluding hydrogens is 387 g/mol. The van der Waals surface area contributed by atoms with Crippen LogP contribution in [-0.4, -0.2) is 52.9 Å². The fourth-order valence-corrected chi connectivity index (χ4v) is 3.37. The van der Waals surface area contributed by atoms with Crippen molar-refractivity contribution < 1.29 is 27.9 Å². The number of nitrogens with zero attached hydrogens (tertiary/aromatic N) is 1. The average molecular weight is 415 g/mol. The minimum atomic E-state index is -4.94. The molecule has 9 heteroatoms. The van der Waals surface area contributed by atoms with Gasteiger partial charge in [-0.05, 0) is 30.7 Å². The number of halogens is 3. The van der Waals surface area contributed by atoms with Gasteiger partial charge in [0.05, 0.1) is 12.0 Å². The van der Waals surface area contributed by atoms with E-state index in [2.05, 4.69) is 5.32 Å². The number of hydrogen-bond acceptors (Lipinski definition) is 4. The summed E-state index contributed by atoms with van der Waals surface area (Å²) in [4.78, 5) is 26.7. The third-order valence-electron chi connectivity index (χ3n) is 5.20. The number of amides is 2. The first-order valence-corrected chi connectivity index (χ1v) is 9.67. The van der Waals surface area contributed by atoms with Crippen molar-refractivity contribution in [3.8, 4) is 0 Å². The standard InChI is InChI=1S/C20H28F3N3O3/c1-12(2)16(24)19(29)26-10-6-9-15(26)25-18(28)14(17(27)20(21,22)23)11-13-7-4-3-5-8-13/h3-5,7-8,12,14-17,27H,6,9-11,24H2,1-2H3,(H,25,28)/t14-,15-,16-,17-/m0/s1. The molecule has 0 aromatic heterocycles. The monoisotopic (exact) mass is 415 g/mol. The zero-order chi connectivity index (χ0) is 21.8. The van der Waals surface area contributed by atoms with Crippen molar-refractivity contribution in [2.45, 2.75) is 57.6 Å². The predicted molar refractivity (Wildman–Crippen MR) is 101 cm³/mol. The number of carbonyl (C=O) groups excluding carboxylic acids is 2. The van der Waals surface area contributed by atoms with Gasteiger partial charge in [-0.1, -0.05) is 44.2 Å². The number of carbonyl (C=O) groups is 2. The first kappa shape index (κ1) is 23.2. The molecule has 162 valence electrons. The quantitative estimate of drug-likeness (QED) is 0.633. The minimum Gasteiger partial charge on any atom is -0.383 e. The Morgan fingerprint density at radius 2 is 1.90 bits per heavy atom. The molecule has 1 heterocycles. The molecule has 4 N–H and O–H groups in total. The lowest BCUT2D eigenvalue weighted by Crippen LogP contribution is -2.56. The van der Waals surface area contributed by atoms with E-state index in [1.807, 2.05) is 0 Å². The second kappa shape index (κ2) is 9.58. The van der Waals surface area contributed by atoms with Crippen LogP contribution in [0, 0.1) is 11.8 Å². The van der Waals surface area contributed by atoms with Gasteiger partial charge >= 0.3 is 6.18 Å². The Bertz CT molecular complexity index is 697. The Labute approximate surface area is 168 Å². The molecule has 0 radical (unpaired) electrons. The number of likely N-dealkylation sites (tertiary alicyclic amines) is 1. The first-order valence-electron chi connectivity index (χ1n) is 9.67. The summed E-state index contributed by atoms with van der Waals surface area (Å²) in [7, 11) is 0. The highest BCUT2D eigenvalue weighted by molar-refractivity contribution is 5.84. The molecule has 0 bridgehead atoms. The van der Waals surface area contributed by atoms with Gasteiger partial charge in [-0.15, -0.1) is 0 Å². The van der Waals surface area contributed by atoms with E-state index in [9.17, 15) is 27.9 Å². The molecule has 0 saturated carbocycles. The maximum atomic E-state index is 13.2. The lowest BCUT2D eigenvalue weighted by molar-refractivity contribution is -0.219. The number of alkyl halides is 3. The zero-order valence-corrected chi connectivity index (χ0v) is 16.5. The minimum absolute atomic E-state index is 0.114. The van der Waals surface area contributed by atoms with Crippen LogP contribution in [0.3, 0.4) is 0 Å². The van der Waals surface area contributed by atoms with E-state index in [1.54, 1.807) is 44.2 Å². The molecule has 29 heavy (non-hydrogen) atoms. The Kier molecular flexibility index (Phi) is 7.65. The van der Waals surface area contributed by atoms with Crippen LogP contribution in [0.1, 0.15) is 32.3 Å². The van der Waals surface area contributed by atoms with Crippen molar-refractivity contribution in [2.24, 2.45) is 17.6 Å². The molecule has 1 aromatic rings. The fourth-order valence-electron chi connectivity index (χ4n) is 3.37. The lowest BCUT2D eigenvalue weighted by atomic mass is 9.92. The number of rotatable bonds is 7. The number of benzene rings is 1. The van der Waals surface area contributed by atoms with Gasteiger partial charge in [0.1, 0.15) is 6.17 Å². The third-order valence-corrected chi connectivity index (χ3v) is 5.20. The Balaban J connectivity index is 2.16. The van der Waals surface area contributed by atoms with Crippen LogP contribution < -0.4 is 11.1 Å². The SMILES string of the molecule is CC(C)[C@H](N)C(=O)N1CCC[C@H]1NC(=O)[C@@H](Cc1ccccc1)[C@H](O)C(F)(F)F. The molecule has 0 unspecified atom stereocenters. The number of nitrogens with one attached hydrogen (secondary N) is 1. The highest BCUT2D eigenvalue weighted by Gasteiger charge is 2.47. The van der Waals surface area contributed by atoms with Crippen molar-refractivity contribution in [3.63, 3.8) is 0 Å². The summed E-state index contributed by atoms with van der Waals surface area (Å²) in [5.74, 6) is -3.13. The normalized spacial score (nSPS) is 20.4. The van der Waals surface area contributed by atoms with E-state index >= 15 is 0 Å². The van der Waals surface area contributed by atoms with E-state index in [-0.39, 0.29) is 18.2 Å². The van der Waals surface area contributed by atoms with Gasteiger partial charge in [0.15, 0.2) is 6.10 Å². The summed E-state index contributed by atoms with van der Waals surface area (Å²) in [5, 5.41) is 12.3. The topological polar surface area (TPSA) is 95.7 Å². The predicted octanol–water partition coefficient (Wildman–Crippen LogP) is 1.82. The van der Waals surface area contributed by atoms with Crippen molar-refractivity contribution in [3.05, 3.63) is 35.9 Å². The second-order valence-corrected chi connectivity index (χ2v) is 7.75. The molecule has 1 aliphatic rings. The summed E-state index contributed by atoms with van der Waals surface area (Å²) in [6.07, 6.45) is -7.75. The van der Waals surface area contributed by atoms with Crippen LogP contribution in [0.5, 0.6) is 0 Å². The number of aliphatic hydroxyl groups excluding tert-OH is 1. The van der Waals surface area contributed by atoms with Gasteiger partial charge in [0.25, 0.3) is 0 Å². The van der Waals surface area contributed by atoms with Gasteiger partial charge in [0.2, 0.25) is 11.8 Å². The summed E-state index contributed by atoms with van der Waals surface area (Å²) >= 11 is 0. The summed E-state index contributed by atoms with van der Waals surface area (Å²) in [6, 6.07) is 7.43. The van der Waals surface area contributed by atoms with Gasteiger partial charge in [-0.2, -0.15) is 13.2 Å². The Hall–Kier alpha value is -2.13. The number of nitrogens with two attached hydrogens (primary N) is 1. The molecule has 4 atom stereocenters. The van der Waals surface area contributed by atoms with Crippen molar-refractivity contribution >= 4 is 11.8 Å².